The van der Waals surface area contributed by atoms with Crippen molar-refractivity contribution in [3.8, 4) is 0 Å². The van der Waals surface area contributed by atoms with Crippen LogP contribution in [0.15, 0.2) is 22.7 Å². The van der Waals surface area contributed by atoms with E-state index in [9.17, 15) is 0 Å². The molecule has 0 saturated carbocycles. The van der Waals surface area contributed by atoms with Crippen LogP contribution < -0.4 is 5.32 Å². The second-order valence-corrected chi connectivity index (χ2v) is 6.31. The molecule has 0 aromatic heterocycles. The molecule has 0 aliphatic carbocycles. The number of benzene rings is 1. The van der Waals surface area contributed by atoms with Gasteiger partial charge in [0.25, 0.3) is 0 Å². The number of nitrogens with one attached hydrogen (secondary N) is 1. The Hall–Kier alpha value is -0.130. The first-order chi connectivity index (χ1) is 10.2. The molecule has 3 nitrogen and oxygen atoms in total. The monoisotopic (exact) mass is 377 g/mol. The molecule has 0 aliphatic heterocycles. The van der Waals surface area contributed by atoms with Gasteiger partial charge in [-0.2, -0.15) is 0 Å². The molecule has 21 heavy (non-hydrogen) atoms. The molecule has 0 heterocycles. The quantitative estimate of drug-likeness (QED) is 0.589. The van der Waals surface area contributed by atoms with Gasteiger partial charge >= 0.3 is 0 Å². The minimum absolute atomic E-state index is 0.381. The van der Waals surface area contributed by atoms with E-state index >= 15 is 0 Å². The van der Waals surface area contributed by atoms with E-state index in [2.05, 4.69) is 34.2 Å². The SMILES string of the molecule is CCCNC(CCOCCOC)Cc1ccc(Br)cc1Cl. The van der Waals surface area contributed by atoms with Gasteiger partial charge in [0.15, 0.2) is 0 Å². The van der Waals surface area contributed by atoms with E-state index in [1.807, 2.05) is 12.1 Å². The predicted molar refractivity (Wildman–Crippen MR) is 92.2 cm³/mol. The van der Waals surface area contributed by atoms with Crippen molar-refractivity contribution in [2.24, 2.45) is 0 Å². The highest BCUT2D eigenvalue weighted by Gasteiger charge is 2.11. The smallest absolute Gasteiger partial charge is 0.0700 e. The topological polar surface area (TPSA) is 30.5 Å². The lowest BCUT2D eigenvalue weighted by Gasteiger charge is -2.19. The molecular formula is C16H25BrClNO2. The highest BCUT2D eigenvalue weighted by Crippen LogP contribution is 2.23. The van der Waals surface area contributed by atoms with Crippen LogP contribution in [0.3, 0.4) is 0 Å². The highest BCUT2D eigenvalue weighted by atomic mass is 79.9. The van der Waals surface area contributed by atoms with E-state index in [4.69, 9.17) is 21.1 Å². The number of methoxy groups -OCH3 is 1. The van der Waals surface area contributed by atoms with Gasteiger partial charge in [-0.25, -0.2) is 0 Å². The zero-order chi connectivity index (χ0) is 15.5. The molecule has 1 N–H and O–H groups in total. The molecule has 0 radical (unpaired) electrons. The average molecular weight is 379 g/mol. The summed E-state index contributed by atoms with van der Waals surface area (Å²) in [6.07, 6.45) is 3.00. The lowest BCUT2D eigenvalue weighted by molar-refractivity contribution is 0.0658. The van der Waals surface area contributed by atoms with Crippen molar-refractivity contribution in [2.45, 2.75) is 32.2 Å². The first-order valence-corrected chi connectivity index (χ1v) is 8.58. The largest absolute Gasteiger partial charge is 0.382 e. The summed E-state index contributed by atoms with van der Waals surface area (Å²) in [5.74, 6) is 0. The summed E-state index contributed by atoms with van der Waals surface area (Å²) in [7, 11) is 1.69. The van der Waals surface area contributed by atoms with Gasteiger partial charge in [-0.05, 0) is 43.5 Å². The number of hydrogen-bond donors (Lipinski definition) is 1. The van der Waals surface area contributed by atoms with Crippen LogP contribution >= 0.6 is 27.5 Å². The van der Waals surface area contributed by atoms with E-state index in [-0.39, 0.29) is 0 Å². The van der Waals surface area contributed by atoms with Gasteiger partial charge in [0.05, 0.1) is 13.2 Å². The molecule has 1 atom stereocenters. The van der Waals surface area contributed by atoms with E-state index in [0.717, 1.165) is 41.9 Å². The molecule has 0 aliphatic rings. The molecule has 1 unspecified atom stereocenters. The standard InChI is InChI=1S/C16H25BrClNO2/c1-3-7-19-15(6-8-21-10-9-20-2)11-13-4-5-14(17)12-16(13)18/h4-5,12,15,19H,3,6-11H2,1-2H3. The fourth-order valence-electron chi connectivity index (χ4n) is 2.05. The third kappa shape index (κ3) is 8.17. The lowest BCUT2D eigenvalue weighted by Crippen LogP contribution is -2.33. The molecule has 0 saturated heterocycles. The maximum absolute atomic E-state index is 6.30. The van der Waals surface area contributed by atoms with Crippen molar-refractivity contribution in [3.05, 3.63) is 33.3 Å². The molecule has 0 spiro atoms. The Morgan fingerprint density at radius 3 is 2.76 bits per heavy atom. The Bertz CT molecular complexity index is 404. The van der Waals surface area contributed by atoms with Crippen molar-refractivity contribution in [1.29, 1.82) is 0 Å². The van der Waals surface area contributed by atoms with Crippen molar-refractivity contribution < 1.29 is 9.47 Å². The number of hydrogen-bond acceptors (Lipinski definition) is 3. The lowest BCUT2D eigenvalue weighted by atomic mass is 10.0. The third-order valence-electron chi connectivity index (χ3n) is 3.21. The maximum atomic E-state index is 6.30. The van der Waals surface area contributed by atoms with Crippen LogP contribution in [0.25, 0.3) is 0 Å². The Morgan fingerprint density at radius 2 is 2.10 bits per heavy atom. The average Bonchev–Trinajstić information content (AvgIpc) is 2.46. The Morgan fingerprint density at radius 1 is 1.29 bits per heavy atom. The van der Waals surface area contributed by atoms with Gasteiger partial charge < -0.3 is 14.8 Å². The van der Waals surface area contributed by atoms with Crippen molar-refractivity contribution in [3.63, 3.8) is 0 Å². The normalized spacial score (nSPS) is 12.6. The third-order valence-corrected chi connectivity index (χ3v) is 4.05. The van der Waals surface area contributed by atoms with Crippen LogP contribution in [0.2, 0.25) is 5.02 Å². The molecule has 0 bridgehead atoms. The van der Waals surface area contributed by atoms with Crippen LogP contribution in [0.4, 0.5) is 0 Å². The summed E-state index contributed by atoms with van der Waals surface area (Å²) in [4.78, 5) is 0. The van der Waals surface area contributed by atoms with Crippen LogP contribution in [0.1, 0.15) is 25.3 Å². The minimum Gasteiger partial charge on any atom is -0.382 e. The van der Waals surface area contributed by atoms with E-state index in [1.54, 1.807) is 7.11 Å². The molecule has 0 amide bonds. The fraction of sp³-hybridized carbons (Fsp3) is 0.625. The summed E-state index contributed by atoms with van der Waals surface area (Å²) in [6.45, 7) is 5.21. The molecular weight excluding hydrogens is 354 g/mol. The van der Waals surface area contributed by atoms with Gasteiger partial charge in [-0.15, -0.1) is 0 Å². The number of ether oxygens (including phenoxy) is 2. The molecule has 1 aromatic carbocycles. The number of halogens is 2. The summed E-state index contributed by atoms with van der Waals surface area (Å²) in [5.41, 5.74) is 1.17. The van der Waals surface area contributed by atoms with Crippen LogP contribution in [0.5, 0.6) is 0 Å². The van der Waals surface area contributed by atoms with E-state index in [0.29, 0.717) is 19.3 Å². The summed E-state index contributed by atoms with van der Waals surface area (Å²) in [5, 5.41) is 4.38. The fourth-order valence-corrected chi connectivity index (χ4v) is 2.80. The van der Waals surface area contributed by atoms with Crippen LogP contribution in [-0.2, 0) is 15.9 Å². The predicted octanol–water partition coefficient (Wildman–Crippen LogP) is 4.07. The maximum Gasteiger partial charge on any atom is 0.0700 e. The van der Waals surface area contributed by atoms with Gasteiger partial charge in [0.2, 0.25) is 0 Å². The summed E-state index contributed by atoms with van der Waals surface area (Å²) >= 11 is 9.74. The summed E-state index contributed by atoms with van der Waals surface area (Å²) < 4.78 is 11.6. The van der Waals surface area contributed by atoms with Crippen LogP contribution in [0, 0.1) is 0 Å². The van der Waals surface area contributed by atoms with Crippen molar-refractivity contribution in [2.75, 3.05) is 33.5 Å². The van der Waals surface area contributed by atoms with Crippen molar-refractivity contribution in [1.82, 2.24) is 5.32 Å². The van der Waals surface area contributed by atoms with Crippen LogP contribution in [-0.4, -0.2) is 39.5 Å². The zero-order valence-corrected chi connectivity index (χ0v) is 15.2. The Labute approximate surface area is 141 Å². The minimum atomic E-state index is 0.381. The molecule has 1 rings (SSSR count). The first kappa shape index (κ1) is 18.9. The van der Waals surface area contributed by atoms with E-state index < -0.39 is 0 Å². The molecule has 1 aromatic rings. The molecule has 5 heteroatoms. The van der Waals surface area contributed by atoms with Gasteiger partial charge in [-0.3, -0.25) is 0 Å². The highest BCUT2D eigenvalue weighted by molar-refractivity contribution is 9.10. The Balaban J connectivity index is 2.48. The first-order valence-electron chi connectivity index (χ1n) is 7.41. The molecule has 120 valence electrons. The Kier molecular flexibility index (Phi) is 10.3. The van der Waals surface area contributed by atoms with Gasteiger partial charge in [-0.1, -0.05) is 40.5 Å². The summed E-state index contributed by atoms with van der Waals surface area (Å²) in [6, 6.07) is 6.45. The van der Waals surface area contributed by atoms with Gasteiger partial charge in [0.1, 0.15) is 0 Å². The second-order valence-electron chi connectivity index (χ2n) is 4.98. The zero-order valence-electron chi connectivity index (χ0n) is 12.8. The van der Waals surface area contributed by atoms with Gasteiger partial charge in [0, 0.05) is 29.3 Å². The number of rotatable bonds is 11. The second kappa shape index (κ2) is 11.4. The van der Waals surface area contributed by atoms with Crippen molar-refractivity contribution >= 4 is 27.5 Å². The molecule has 0 fully saturated rings. The van der Waals surface area contributed by atoms with E-state index in [1.165, 1.54) is 5.56 Å².